The van der Waals surface area contributed by atoms with E-state index in [1.54, 1.807) is 24.5 Å². The van der Waals surface area contributed by atoms with Gasteiger partial charge < -0.3 is 9.73 Å². The molecule has 0 atom stereocenters. The molecule has 0 saturated carbocycles. The lowest BCUT2D eigenvalue weighted by Crippen LogP contribution is -2.05. The molecule has 0 aliphatic carbocycles. The molecule has 2 heterocycles. The summed E-state index contributed by atoms with van der Waals surface area (Å²) in [4.78, 5) is 11.5. The van der Waals surface area contributed by atoms with Gasteiger partial charge in [-0.2, -0.15) is 4.37 Å². The average molecular weight is 234 g/mol. The number of amides is 1. The lowest BCUT2D eigenvalue weighted by molar-refractivity contribution is -0.111. The van der Waals surface area contributed by atoms with Crippen LogP contribution < -0.4 is 5.32 Å². The van der Waals surface area contributed by atoms with E-state index in [4.69, 9.17) is 4.42 Å². The lowest BCUT2D eigenvalue weighted by Gasteiger charge is -1.94. The van der Waals surface area contributed by atoms with Crippen molar-refractivity contribution in [3.8, 4) is 0 Å². The van der Waals surface area contributed by atoms with Crippen molar-refractivity contribution in [2.24, 2.45) is 0 Å². The molecule has 1 N–H and O–H groups in total. The summed E-state index contributed by atoms with van der Waals surface area (Å²) in [5.74, 6) is 0.454. The minimum Gasteiger partial charge on any atom is -0.465 e. The first-order valence-electron chi connectivity index (χ1n) is 4.70. The fourth-order valence-electron chi connectivity index (χ4n) is 1.13. The van der Waals surface area contributed by atoms with Crippen molar-refractivity contribution >= 4 is 28.5 Å². The third-order valence-corrected chi connectivity index (χ3v) is 2.61. The van der Waals surface area contributed by atoms with Gasteiger partial charge >= 0.3 is 0 Å². The molecule has 0 aliphatic rings. The fraction of sp³-hybridized carbons (Fsp3) is 0.0909. The predicted octanol–water partition coefficient (Wildman–Crippen LogP) is 2.70. The Labute approximate surface area is 96.8 Å². The lowest BCUT2D eigenvalue weighted by atomic mass is 10.4. The second kappa shape index (κ2) is 4.76. The predicted molar refractivity (Wildman–Crippen MR) is 63.2 cm³/mol. The Morgan fingerprint density at radius 1 is 1.62 bits per heavy atom. The van der Waals surface area contributed by atoms with Crippen LogP contribution in [0.3, 0.4) is 0 Å². The molecule has 4 nitrogen and oxygen atoms in total. The molecule has 0 spiro atoms. The van der Waals surface area contributed by atoms with E-state index >= 15 is 0 Å². The highest BCUT2D eigenvalue weighted by molar-refractivity contribution is 7.10. The van der Waals surface area contributed by atoms with Crippen LogP contribution in [0.2, 0.25) is 0 Å². The van der Waals surface area contributed by atoms with Crippen LogP contribution in [0.1, 0.15) is 11.5 Å². The maximum Gasteiger partial charge on any atom is 0.249 e. The summed E-state index contributed by atoms with van der Waals surface area (Å²) in [5, 5.41) is 3.46. The first kappa shape index (κ1) is 10.6. The number of carbonyl (C=O) groups excluding carboxylic acids is 1. The smallest absolute Gasteiger partial charge is 0.249 e. The molecule has 5 heteroatoms. The van der Waals surface area contributed by atoms with Gasteiger partial charge in [0.2, 0.25) is 5.91 Å². The summed E-state index contributed by atoms with van der Waals surface area (Å²) in [6.07, 6.45) is 4.60. The van der Waals surface area contributed by atoms with Crippen molar-refractivity contribution in [1.82, 2.24) is 4.37 Å². The SMILES string of the molecule is Cc1cc(NC(=O)C=Cc2ccco2)sn1. The number of hydrogen-bond acceptors (Lipinski definition) is 4. The van der Waals surface area contributed by atoms with Crippen molar-refractivity contribution in [2.75, 3.05) is 5.32 Å². The molecule has 0 aliphatic heterocycles. The van der Waals surface area contributed by atoms with Gasteiger partial charge in [0.1, 0.15) is 10.8 Å². The fourth-order valence-corrected chi connectivity index (χ4v) is 1.79. The van der Waals surface area contributed by atoms with Crippen molar-refractivity contribution in [2.45, 2.75) is 6.92 Å². The van der Waals surface area contributed by atoms with Crippen molar-refractivity contribution < 1.29 is 9.21 Å². The van der Waals surface area contributed by atoms with Gasteiger partial charge in [0, 0.05) is 6.08 Å². The Kier molecular flexibility index (Phi) is 3.16. The molecular weight excluding hydrogens is 224 g/mol. The Bertz CT molecular complexity index is 500. The maximum atomic E-state index is 11.5. The van der Waals surface area contributed by atoms with Gasteiger partial charge in [-0.15, -0.1) is 0 Å². The van der Waals surface area contributed by atoms with Crippen molar-refractivity contribution in [1.29, 1.82) is 0 Å². The monoisotopic (exact) mass is 234 g/mol. The summed E-state index contributed by atoms with van der Waals surface area (Å²) < 4.78 is 9.13. The number of nitrogens with zero attached hydrogens (tertiary/aromatic N) is 1. The Hall–Kier alpha value is -1.88. The molecule has 1 amide bonds. The van der Waals surface area contributed by atoms with E-state index in [9.17, 15) is 4.79 Å². The molecule has 2 aromatic heterocycles. The second-order valence-corrected chi connectivity index (χ2v) is 3.98. The number of aromatic nitrogens is 1. The minimum atomic E-state index is -0.194. The molecule has 82 valence electrons. The summed E-state index contributed by atoms with van der Waals surface area (Å²) in [6, 6.07) is 5.37. The molecule has 0 bridgehead atoms. The Morgan fingerprint density at radius 3 is 3.12 bits per heavy atom. The molecule has 0 unspecified atom stereocenters. The molecule has 2 aromatic rings. The van der Waals surface area contributed by atoms with E-state index in [0.717, 1.165) is 10.7 Å². The van der Waals surface area contributed by atoms with Crippen LogP contribution in [-0.4, -0.2) is 10.3 Å². The number of anilines is 1. The van der Waals surface area contributed by atoms with Crippen LogP contribution in [0.15, 0.2) is 35.0 Å². The van der Waals surface area contributed by atoms with Crippen LogP contribution >= 0.6 is 11.5 Å². The van der Waals surface area contributed by atoms with E-state index in [1.807, 2.05) is 13.0 Å². The zero-order chi connectivity index (χ0) is 11.4. The van der Waals surface area contributed by atoms with Crippen molar-refractivity contribution in [3.63, 3.8) is 0 Å². The zero-order valence-corrected chi connectivity index (χ0v) is 9.45. The molecule has 16 heavy (non-hydrogen) atoms. The normalized spacial score (nSPS) is 10.8. The largest absolute Gasteiger partial charge is 0.465 e. The third-order valence-electron chi connectivity index (χ3n) is 1.82. The Balaban J connectivity index is 1.94. The summed E-state index contributed by atoms with van der Waals surface area (Å²) in [6.45, 7) is 1.88. The first-order valence-corrected chi connectivity index (χ1v) is 5.47. The molecular formula is C11H10N2O2S. The van der Waals surface area contributed by atoms with Gasteiger partial charge in [-0.1, -0.05) is 0 Å². The van der Waals surface area contributed by atoms with Crippen LogP contribution in [0.5, 0.6) is 0 Å². The van der Waals surface area contributed by atoms with Gasteiger partial charge in [-0.05, 0) is 42.7 Å². The van der Waals surface area contributed by atoms with E-state index in [2.05, 4.69) is 9.69 Å². The molecule has 0 radical (unpaired) electrons. The van der Waals surface area contributed by atoms with E-state index in [0.29, 0.717) is 5.76 Å². The molecule has 0 aromatic carbocycles. The molecule has 2 rings (SSSR count). The standard InChI is InChI=1S/C11H10N2O2S/c1-8-7-11(16-13-8)12-10(14)5-4-9-3-2-6-15-9/h2-7H,1H3,(H,12,14). The van der Waals surface area contributed by atoms with Gasteiger partial charge in [0.15, 0.2) is 0 Å². The molecule has 0 saturated heterocycles. The van der Waals surface area contributed by atoms with E-state index < -0.39 is 0 Å². The number of nitrogens with one attached hydrogen (secondary N) is 1. The maximum absolute atomic E-state index is 11.5. The highest BCUT2D eigenvalue weighted by Crippen LogP contribution is 2.15. The highest BCUT2D eigenvalue weighted by Gasteiger charge is 2.01. The van der Waals surface area contributed by atoms with Crippen LogP contribution in [0.4, 0.5) is 5.00 Å². The number of hydrogen-bond donors (Lipinski definition) is 1. The first-order chi connectivity index (χ1) is 7.74. The van der Waals surface area contributed by atoms with Gasteiger partial charge in [0.25, 0.3) is 0 Å². The number of carbonyl (C=O) groups is 1. The average Bonchev–Trinajstić information content (AvgIpc) is 2.87. The summed E-state index contributed by atoms with van der Waals surface area (Å²) in [7, 11) is 0. The van der Waals surface area contributed by atoms with Crippen molar-refractivity contribution in [3.05, 3.63) is 42.0 Å². The highest BCUT2D eigenvalue weighted by atomic mass is 32.1. The minimum absolute atomic E-state index is 0.194. The summed E-state index contributed by atoms with van der Waals surface area (Å²) >= 11 is 1.26. The second-order valence-electron chi connectivity index (χ2n) is 3.17. The Morgan fingerprint density at radius 2 is 2.50 bits per heavy atom. The van der Waals surface area contributed by atoms with Crippen LogP contribution in [0.25, 0.3) is 6.08 Å². The van der Waals surface area contributed by atoms with Crippen LogP contribution in [-0.2, 0) is 4.79 Å². The van der Waals surface area contributed by atoms with E-state index in [-0.39, 0.29) is 5.91 Å². The van der Waals surface area contributed by atoms with Gasteiger partial charge in [-0.25, -0.2) is 0 Å². The summed E-state index contributed by atoms with van der Waals surface area (Å²) in [5.41, 5.74) is 0.898. The number of aryl methyl sites for hydroxylation is 1. The topological polar surface area (TPSA) is 55.1 Å². The third kappa shape index (κ3) is 2.80. The van der Waals surface area contributed by atoms with Gasteiger partial charge in [-0.3, -0.25) is 4.79 Å². The molecule has 0 fully saturated rings. The number of rotatable bonds is 3. The zero-order valence-electron chi connectivity index (χ0n) is 8.64. The quantitative estimate of drug-likeness (QED) is 0.831. The number of furan rings is 1. The van der Waals surface area contributed by atoms with Crippen LogP contribution in [0, 0.1) is 6.92 Å². The van der Waals surface area contributed by atoms with Gasteiger partial charge in [0.05, 0.1) is 12.0 Å². The van der Waals surface area contributed by atoms with E-state index in [1.165, 1.54) is 17.6 Å².